The van der Waals surface area contributed by atoms with Crippen molar-refractivity contribution in [1.29, 1.82) is 0 Å². The maximum Gasteiger partial charge on any atom is 0.243 e. The van der Waals surface area contributed by atoms with Gasteiger partial charge in [-0.05, 0) is 56.9 Å². The second-order valence-electron chi connectivity index (χ2n) is 7.25. The van der Waals surface area contributed by atoms with Gasteiger partial charge in [0.25, 0.3) is 0 Å². The van der Waals surface area contributed by atoms with Gasteiger partial charge in [0.05, 0.1) is 21.8 Å². The summed E-state index contributed by atoms with van der Waals surface area (Å²) in [5, 5.41) is 4.00. The third kappa shape index (κ3) is 3.59. The summed E-state index contributed by atoms with van der Waals surface area (Å²) in [4.78, 5) is 5.13. The molecular weight excluding hydrogens is 374 g/mol. The molecule has 7 heteroatoms. The van der Waals surface area contributed by atoms with Crippen molar-refractivity contribution in [1.82, 2.24) is 14.4 Å². The number of nitrogens with zero attached hydrogens (tertiary/aromatic N) is 3. The summed E-state index contributed by atoms with van der Waals surface area (Å²) in [5.74, 6) is 1.01. The van der Waals surface area contributed by atoms with Crippen molar-refractivity contribution in [2.45, 2.75) is 31.6 Å². The zero-order valence-electron chi connectivity index (χ0n) is 16.0. The van der Waals surface area contributed by atoms with Crippen LogP contribution in [0.15, 0.2) is 57.9 Å². The van der Waals surface area contributed by atoms with Gasteiger partial charge < -0.3 is 4.52 Å². The van der Waals surface area contributed by atoms with Gasteiger partial charge in [-0.1, -0.05) is 29.4 Å². The van der Waals surface area contributed by atoms with Gasteiger partial charge in [-0.3, -0.25) is 4.98 Å². The minimum atomic E-state index is -3.43. The van der Waals surface area contributed by atoms with Crippen LogP contribution in [-0.2, 0) is 16.4 Å². The summed E-state index contributed by atoms with van der Waals surface area (Å²) in [6.07, 6.45) is 1.58. The maximum absolute atomic E-state index is 12.8. The van der Waals surface area contributed by atoms with Gasteiger partial charge in [0.1, 0.15) is 5.76 Å². The highest BCUT2D eigenvalue weighted by molar-refractivity contribution is 7.89. The molecule has 4 rings (SSSR count). The Hall–Kier alpha value is -2.51. The molecule has 0 N–H and O–H groups in total. The molecule has 0 aliphatic carbocycles. The number of hydrogen-bond acceptors (Lipinski definition) is 5. The second kappa shape index (κ2) is 7.48. The number of pyridine rings is 1. The van der Waals surface area contributed by atoms with E-state index in [2.05, 4.69) is 5.16 Å². The topological polar surface area (TPSA) is 76.3 Å². The molecule has 0 bridgehead atoms. The molecule has 6 nitrogen and oxygen atoms in total. The van der Waals surface area contributed by atoms with Gasteiger partial charge in [0, 0.05) is 18.8 Å². The van der Waals surface area contributed by atoms with Crippen LogP contribution in [0.25, 0.3) is 11.3 Å². The van der Waals surface area contributed by atoms with Gasteiger partial charge in [-0.25, -0.2) is 8.42 Å². The second-order valence-corrected chi connectivity index (χ2v) is 9.19. The molecule has 1 aliphatic heterocycles. The number of rotatable bonds is 5. The van der Waals surface area contributed by atoms with Crippen molar-refractivity contribution in [2.75, 3.05) is 13.1 Å². The number of hydrogen-bond donors (Lipinski definition) is 0. The Morgan fingerprint density at radius 2 is 1.89 bits per heavy atom. The minimum absolute atomic E-state index is 0.255. The quantitative estimate of drug-likeness (QED) is 0.657. The van der Waals surface area contributed by atoms with Crippen molar-refractivity contribution in [3.63, 3.8) is 0 Å². The van der Waals surface area contributed by atoms with E-state index < -0.39 is 10.0 Å². The number of benzene rings is 1. The molecule has 1 fully saturated rings. The van der Waals surface area contributed by atoms with E-state index in [1.807, 2.05) is 38.1 Å². The molecule has 0 radical (unpaired) electrons. The van der Waals surface area contributed by atoms with E-state index in [-0.39, 0.29) is 5.92 Å². The minimum Gasteiger partial charge on any atom is -0.361 e. The first-order valence-corrected chi connectivity index (χ1v) is 10.8. The van der Waals surface area contributed by atoms with Crippen molar-refractivity contribution in [2.24, 2.45) is 5.92 Å². The average molecular weight is 398 g/mol. The Kier molecular flexibility index (Phi) is 5.03. The zero-order valence-corrected chi connectivity index (χ0v) is 16.8. The third-order valence-electron chi connectivity index (χ3n) is 5.22. The molecule has 1 atom stereocenters. The first-order valence-electron chi connectivity index (χ1n) is 9.39. The SMILES string of the molecule is Cc1noc(C)c1-c1cccc(CC2CCN(S(=O)(=O)c3ccccc3)C2)n1. The Labute approximate surface area is 165 Å². The Bertz CT molecular complexity index is 1060. The van der Waals surface area contributed by atoms with Gasteiger partial charge >= 0.3 is 0 Å². The Morgan fingerprint density at radius 1 is 1.11 bits per heavy atom. The maximum atomic E-state index is 12.8. The van der Waals surface area contributed by atoms with Crippen LogP contribution in [0.1, 0.15) is 23.6 Å². The van der Waals surface area contributed by atoms with Crippen molar-refractivity contribution in [3.05, 3.63) is 65.7 Å². The van der Waals surface area contributed by atoms with E-state index in [0.717, 1.165) is 41.2 Å². The van der Waals surface area contributed by atoms with Gasteiger partial charge in [0.15, 0.2) is 0 Å². The van der Waals surface area contributed by atoms with Crippen molar-refractivity contribution in [3.8, 4) is 11.3 Å². The van der Waals surface area contributed by atoms with Crippen LogP contribution >= 0.6 is 0 Å². The Balaban J connectivity index is 1.49. The molecule has 1 aromatic carbocycles. The lowest BCUT2D eigenvalue weighted by atomic mass is 10.0. The molecule has 0 spiro atoms. The lowest BCUT2D eigenvalue weighted by Gasteiger charge is -2.16. The molecule has 2 aromatic heterocycles. The van der Waals surface area contributed by atoms with E-state index in [4.69, 9.17) is 9.51 Å². The van der Waals surface area contributed by atoms with Crippen molar-refractivity contribution < 1.29 is 12.9 Å². The first kappa shape index (κ1) is 18.8. The van der Waals surface area contributed by atoms with E-state index in [9.17, 15) is 8.42 Å². The van der Waals surface area contributed by atoms with Gasteiger partial charge in [0.2, 0.25) is 10.0 Å². The van der Waals surface area contributed by atoms with Crippen LogP contribution in [0.3, 0.4) is 0 Å². The highest BCUT2D eigenvalue weighted by Crippen LogP contribution is 2.28. The number of aryl methyl sites for hydroxylation is 2. The molecular formula is C21H23N3O3S. The monoisotopic (exact) mass is 397 g/mol. The molecule has 3 heterocycles. The van der Waals surface area contributed by atoms with E-state index >= 15 is 0 Å². The fraction of sp³-hybridized carbons (Fsp3) is 0.333. The van der Waals surface area contributed by atoms with E-state index in [0.29, 0.717) is 18.0 Å². The summed E-state index contributed by atoms with van der Waals surface area (Å²) in [5.41, 5.74) is 3.56. The average Bonchev–Trinajstić information content (AvgIpc) is 3.29. The molecule has 1 aliphatic rings. The predicted molar refractivity (Wildman–Crippen MR) is 106 cm³/mol. The predicted octanol–water partition coefficient (Wildman–Crippen LogP) is 3.61. The molecule has 146 valence electrons. The van der Waals surface area contributed by atoms with Crippen LogP contribution in [0.4, 0.5) is 0 Å². The molecule has 28 heavy (non-hydrogen) atoms. The molecule has 1 saturated heterocycles. The molecule has 1 unspecified atom stereocenters. The van der Waals surface area contributed by atoms with E-state index in [1.54, 1.807) is 28.6 Å². The van der Waals surface area contributed by atoms with Crippen LogP contribution in [0, 0.1) is 19.8 Å². The fourth-order valence-corrected chi connectivity index (χ4v) is 5.35. The van der Waals surface area contributed by atoms with Crippen LogP contribution < -0.4 is 0 Å². The number of aromatic nitrogens is 2. The largest absolute Gasteiger partial charge is 0.361 e. The van der Waals surface area contributed by atoms with Gasteiger partial charge in [-0.15, -0.1) is 0 Å². The lowest BCUT2D eigenvalue weighted by molar-refractivity contribution is 0.393. The highest BCUT2D eigenvalue weighted by atomic mass is 32.2. The van der Waals surface area contributed by atoms with Gasteiger partial charge in [-0.2, -0.15) is 4.31 Å². The molecule has 0 amide bonds. The number of sulfonamides is 1. The standard InChI is InChI=1S/C21H23N3O3S/c1-15-21(16(2)27-23-15)20-10-6-7-18(22-20)13-17-11-12-24(14-17)28(25,26)19-8-4-3-5-9-19/h3-10,17H,11-14H2,1-2H3. The third-order valence-corrected chi connectivity index (χ3v) is 7.10. The lowest BCUT2D eigenvalue weighted by Crippen LogP contribution is -2.29. The zero-order chi connectivity index (χ0) is 19.7. The fourth-order valence-electron chi connectivity index (χ4n) is 3.80. The van der Waals surface area contributed by atoms with E-state index in [1.165, 1.54) is 0 Å². The summed E-state index contributed by atoms with van der Waals surface area (Å²) in [6, 6.07) is 14.6. The first-order chi connectivity index (χ1) is 13.4. The van der Waals surface area contributed by atoms with Crippen LogP contribution in [0.2, 0.25) is 0 Å². The molecule has 3 aromatic rings. The smallest absolute Gasteiger partial charge is 0.243 e. The summed E-state index contributed by atoms with van der Waals surface area (Å²) >= 11 is 0. The Morgan fingerprint density at radius 3 is 2.61 bits per heavy atom. The summed E-state index contributed by atoms with van der Waals surface area (Å²) in [6.45, 7) is 4.86. The normalized spacial score (nSPS) is 17.9. The molecule has 0 saturated carbocycles. The van der Waals surface area contributed by atoms with Crippen LogP contribution in [0.5, 0.6) is 0 Å². The van der Waals surface area contributed by atoms with Crippen LogP contribution in [-0.4, -0.2) is 36.0 Å². The highest BCUT2D eigenvalue weighted by Gasteiger charge is 2.32. The van der Waals surface area contributed by atoms with Crippen molar-refractivity contribution >= 4 is 10.0 Å². The summed E-state index contributed by atoms with van der Waals surface area (Å²) in [7, 11) is -3.43. The summed E-state index contributed by atoms with van der Waals surface area (Å²) < 4.78 is 32.5.